The highest BCUT2D eigenvalue weighted by Crippen LogP contribution is 2.35. The smallest absolute Gasteiger partial charge is 0.188 e. The number of unbranched alkanes of at least 4 members (excludes halogenated alkanes) is 1. The molecule has 0 radical (unpaired) electrons. The van der Waals surface area contributed by atoms with Gasteiger partial charge in [-0.1, -0.05) is 25.1 Å². The van der Waals surface area contributed by atoms with Crippen LogP contribution < -0.4 is 0 Å². The molecule has 0 spiro atoms. The largest absolute Gasteiger partial charge is 0.341 e. The number of hydrogen-bond acceptors (Lipinski definition) is 4. The van der Waals surface area contributed by atoms with Crippen LogP contribution in [-0.4, -0.2) is 23.5 Å². The summed E-state index contributed by atoms with van der Waals surface area (Å²) in [6.45, 7) is 2.72. The molecule has 1 aromatic carbocycles. The molecule has 0 bridgehead atoms. The minimum absolute atomic E-state index is 0.0550. The molecule has 22 heavy (non-hydrogen) atoms. The van der Waals surface area contributed by atoms with Crippen LogP contribution in [0.15, 0.2) is 40.4 Å². The molecule has 116 valence electrons. The van der Waals surface area contributed by atoms with Gasteiger partial charge in [-0.05, 0) is 18.6 Å². The lowest BCUT2D eigenvalue weighted by Crippen LogP contribution is -2.14. The van der Waals surface area contributed by atoms with Crippen LogP contribution in [0.1, 0.15) is 30.1 Å². The first-order valence-corrected chi connectivity index (χ1v) is 7.68. The van der Waals surface area contributed by atoms with Gasteiger partial charge in [0.1, 0.15) is 11.6 Å². The van der Waals surface area contributed by atoms with Crippen molar-refractivity contribution in [1.29, 1.82) is 0 Å². The van der Waals surface area contributed by atoms with Gasteiger partial charge < -0.3 is 4.90 Å². The summed E-state index contributed by atoms with van der Waals surface area (Å²) < 4.78 is 26.4. The van der Waals surface area contributed by atoms with Gasteiger partial charge in [0, 0.05) is 30.5 Å². The molecule has 1 aliphatic rings. The Morgan fingerprint density at radius 3 is 2.55 bits per heavy atom. The third kappa shape index (κ3) is 4.04. The maximum absolute atomic E-state index is 13.2. The van der Waals surface area contributed by atoms with Crippen LogP contribution in [0, 0.1) is 11.6 Å². The first kappa shape index (κ1) is 16.4. The van der Waals surface area contributed by atoms with Gasteiger partial charge in [-0.15, -0.1) is 0 Å². The Hall–Kier alpha value is -1.95. The predicted octanol–water partition coefficient (Wildman–Crippen LogP) is 3.88. The van der Waals surface area contributed by atoms with Crippen LogP contribution in [0.25, 0.3) is 0 Å². The molecule has 3 nitrogen and oxygen atoms in total. The molecule has 1 aromatic rings. The van der Waals surface area contributed by atoms with Crippen LogP contribution >= 0.6 is 11.8 Å². The zero-order valence-corrected chi connectivity index (χ0v) is 12.8. The summed E-state index contributed by atoms with van der Waals surface area (Å²) in [6, 6.07) is 2.70. The van der Waals surface area contributed by atoms with E-state index in [2.05, 4.69) is 0 Å². The summed E-state index contributed by atoms with van der Waals surface area (Å²) in [5.74, 6) is -2.09. The fraction of sp³-hybridized carbons (Fsp3) is 0.250. The van der Waals surface area contributed by atoms with Gasteiger partial charge in [-0.3, -0.25) is 9.59 Å². The van der Waals surface area contributed by atoms with Gasteiger partial charge >= 0.3 is 0 Å². The Balaban J connectivity index is 2.22. The van der Waals surface area contributed by atoms with Crippen molar-refractivity contribution in [3.8, 4) is 0 Å². The molecule has 0 fully saturated rings. The Bertz CT molecular complexity index is 635. The number of benzene rings is 1. The highest BCUT2D eigenvalue weighted by atomic mass is 32.2. The lowest BCUT2D eigenvalue weighted by molar-refractivity contribution is -0.104. The summed E-state index contributed by atoms with van der Waals surface area (Å²) in [5, 5.41) is 0.588. The Morgan fingerprint density at radius 2 is 1.95 bits per heavy atom. The molecule has 1 heterocycles. The molecular weight excluding hydrogens is 308 g/mol. The van der Waals surface area contributed by atoms with Crippen LogP contribution in [0.2, 0.25) is 0 Å². The average molecular weight is 323 g/mol. The molecule has 6 heteroatoms. The fourth-order valence-corrected chi connectivity index (χ4v) is 2.88. The highest BCUT2D eigenvalue weighted by Gasteiger charge is 2.20. The monoisotopic (exact) mass is 323 g/mol. The maximum atomic E-state index is 13.2. The van der Waals surface area contributed by atoms with E-state index in [1.807, 2.05) is 11.8 Å². The van der Waals surface area contributed by atoms with Crippen molar-refractivity contribution < 1.29 is 18.4 Å². The summed E-state index contributed by atoms with van der Waals surface area (Å²) in [5.41, 5.74) is -0.0550. The van der Waals surface area contributed by atoms with E-state index in [0.717, 1.165) is 31.3 Å². The third-order valence-electron chi connectivity index (χ3n) is 3.06. The van der Waals surface area contributed by atoms with Gasteiger partial charge in [0.2, 0.25) is 0 Å². The number of aldehydes is 1. The first-order valence-electron chi connectivity index (χ1n) is 6.87. The lowest BCUT2D eigenvalue weighted by Gasteiger charge is -2.16. The van der Waals surface area contributed by atoms with Gasteiger partial charge in [-0.25, -0.2) is 8.78 Å². The number of carbonyl (C=O) groups is 2. The normalized spacial score (nSPS) is 16.0. The topological polar surface area (TPSA) is 37.4 Å². The Kier molecular flexibility index (Phi) is 5.49. The molecule has 0 atom stereocenters. The number of halogens is 2. The van der Waals surface area contributed by atoms with E-state index >= 15 is 0 Å². The van der Waals surface area contributed by atoms with Gasteiger partial charge in [-0.2, -0.15) is 0 Å². The predicted molar refractivity (Wildman–Crippen MR) is 82.1 cm³/mol. The third-order valence-corrected chi connectivity index (χ3v) is 4.06. The Morgan fingerprint density at radius 1 is 1.27 bits per heavy atom. The second-order valence-corrected chi connectivity index (χ2v) is 5.90. The first-order chi connectivity index (χ1) is 10.5. The minimum Gasteiger partial charge on any atom is -0.341 e. The van der Waals surface area contributed by atoms with Crippen molar-refractivity contribution in [3.63, 3.8) is 0 Å². The van der Waals surface area contributed by atoms with Crippen LogP contribution in [0.5, 0.6) is 0 Å². The van der Waals surface area contributed by atoms with Gasteiger partial charge in [0.15, 0.2) is 12.1 Å². The summed E-state index contributed by atoms with van der Waals surface area (Å²) >= 11 is 1.17. The average Bonchev–Trinajstić information content (AvgIpc) is 2.86. The summed E-state index contributed by atoms with van der Waals surface area (Å²) in [4.78, 5) is 25.4. The molecule has 0 amide bonds. The number of thioether (sulfide) groups is 1. The molecule has 0 saturated heterocycles. The van der Waals surface area contributed by atoms with E-state index in [1.165, 1.54) is 17.8 Å². The molecule has 2 rings (SSSR count). The van der Waals surface area contributed by atoms with Crippen LogP contribution in [-0.2, 0) is 4.79 Å². The van der Waals surface area contributed by atoms with Crippen molar-refractivity contribution in [1.82, 2.24) is 4.90 Å². The molecule has 0 unspecified atom stereocenters. The van der Waals surface area contributed by atoms with E-state index in [9.17, 15) is 18.4 Å². The molecule has 1 aliphatic heterocycles. The fourth-order valence-electron chi connectivity index (χ4n) is 1.98. The van der Waals surface area contributed by atoms with Gasteiger partial charge in [0.25, 0.3) is 0 Å². The van der Waals surface area contributed by atoms with Crippen LogP contribution in [0.4, 0.5) is 8.78 Å². The van der Waals surface area contributed by atoms with E-state index in [4.69, 9.17) is 0 Å². The zero-order valence-electron chi connectivity index (χ0n) is 12.0. The number of ketones is 1. The highest BCUT2D eigenvalue weighted by molar-refractivity contribution is 8.07. The lowest BCUT2D eigenvalue weighted by atomic mass is 10.1. The zero-order chi connectivity index (χ0) is 16.1. The number of carbonyl (C=O) groups excluding carboxylic acids is 2. The van der Waals surface area contributed by atoms with Crippen LogP contribution in [0.3, 0.4) is 0 Å². The molecular formula is C16H15F2NO2S. The quantitative estimate of drug-likeness (QED) is 0.452. The van der Waals surface area contributed by atoms with E-state index < -0.39 is 17.4 Å². The Labute approximate surface area is 131 Å². The summed E-state index contributed by atoms with van der Waals surface area (Å²) in [6.07, 6.45) is 5.59. The number of hydrogen-bond donors (Lipinski definition) is 0. The second kappa shape index (κ2) is 7.35. The second-order valence-electron chi connectivity index (χ2n) is 4.80. The van der Waals surface area contributed by atoms with Crippen molar-refractivity contribution in [2.45, 2.75) is 19.8 Å². The number of nitrogens with zero attached hydrogens (tertiary/aromatic N) is 1. The standard InChI is InChI=1S/C16H15F2NO2S/c1-2-3-4-19-9-14(10-20)22-16(19)8-15(21)11-5-12(17)7-13(18)6-11/h5-10H,2-4H2,1H3/b16-8-. The maximum Gasteiger partial charge on any atom is 0.188 e. The molecule has 0 saturated carbocycles. The van der Waals surface area contributed by atoms with Gasteiger partial charge in [0.05, 0.1) is 9.93 Å². The summed E-state index contributed by atoms with van der Waals surface area (Å²) in [7, 11) is 0. The van der Waals surface area contributed by atoms with E-state index in [-0.39, 0.29) is 5.56 Å². The number of rotatable bonds is 6. The molecule has 0 aromatic heterocycles. The van der Waals surface area contributed by atoms with E-state index in [1.54, 1.807) is 6.20 Å². The van der Waals surface area contributed by atoms with Crippen molar-refractivity contribution >= 4 is 23.8 Å². The van der Waals surface area contributed by atoms with Crippen molar-refractivity contribution in [2.24, 2.45) is 0 Å². The van der Waals surface area contributed by atoms with E-state index in [0.29, 0.717) is 22.5 Å². The molecule has 0 N–H and O–H groups in total. The molecule has 0 aliphatic carbocycles. The minimum atomic E-state index is -0.796. The SMILES string of the molecule is CCCCN1C=C(C=O)S/C1=C\C(=O)c1cc(F)cc(F)c1. The number of allylic oxidation sites excluding steroid dienone is 2. The van der Waals surface area contributed by atoms with Crippen molar-refractivity contribution in [2.75, 3.05) is 6.54 Å². The van der Waals surface area contributed by atoms with Crippen molar-refractivity contribution in [3.05, 3.63) is 57.6 Å².